The molecule has 0 bridgehead atoms. The number of aliphatic carboxylic acids is 2. The van der Waals surface area contributed by atoms with E-state index in [9.17, 15) is 29.1 Å². The number of carbonyl (C=O) groups is 5. The molecule has 0 heterocycles. The first-order valence-electron chi connectivity index (χ1n) is 8.18. The molecular formula is C15H26N4O8. The zero-order chi connectivity index (χ0) is 21.1. The first kappa shape index (κ1) is 24.3. The molecule has 0 aliphatic carbocycles. The van der Waals surface area contributed by atoms with Crippen LogP contribution in [0.5, 0.6) is 0 Å². The highest BCUT2D eigenvalue weighted by molar-refractivity contribution is 5.93. The second-order valence-corrected chi connectivity index (χ2v) is 6.12. The van der Waals surface area contributed by atoms with Crippen molar-refractivity contribution in [2.75, 3.05) is 13.2 Å². The van der Waals surface area contributed by atoms with Crippen molar-refractivity contribution >= 4 is 29.7 Å². The number of nitrogens with one attached hydrogen (secondary N) is 3. The predicted octanol–water partition coefficient (Wildman–Crippen LogP) is -3.00. The molecule has 0 fully saturated rings. The monoisotopic (exact) mass is 390 g/mol. The van der Waals surface area contributed by atoms with Crippen molar-refractivity contribution < 1.29 is 39.3 Å². The van der Waals surface area contributed by atoms with Crippen molar-refractivity contribution in [3.63, 3.8) is 0 Å². The van der Waals surface area contributed by atoms with Gasteiger partial charge in [0, 0.05) is 6.42 Å². The van der Waals surface area contributed by atoms with Gasteiger partial charge in [0.2, 0.25) is 17.7 Å². The number of carboxylic acids is 2. The summed E-state index contributed by atoms with van der Waals surface area (Å²) in [5.74, 6) is -5.25. The number of nitrogens with two attached hydrogens (primary N) is 1. The molecule has 0 saturated carbocycles. The average molecular weight is 390 g/mol. The van der Waals surface area contributed by atoms with Crippen LogP contribution in [0.2, 0.25) is 0 Å². The smallest absolute Gasteiger partial charge is 0.322 e. The zero-order valence-electron chi connectivity index (χ0n) is 15.1. The van der Waals surface area contributed by atoms with E-state index in [2.05, 4.69) is 10.6 Å². The van der Waals surface area contributed by atoms with E-state index in [-0.39, 0.29) is 12.8 Å². The van der Waals surface area contributed by atoms with Crippen LogP contribution in [0.15, 0.2) is 0 Å². The van der Waals surface area contributed by atoms with Gasteiger partial charge in [0.05, 0.1) is 12.6 Å². The maximum absolute atomic E-state index is 12.4. The number of hydrogen-bond donors (Lipinski definition) is 7. The standard InChI is InChI=1S/C15H26N4O8/c1-7(2)12(19-13(25)8(16)3-4-10(21)22)15(27)18-9(6-20)14(26)17-5-11(23)24/h7-9,12,20H,3-6,16H2,1-2H3,(H,17,26)(H,18,27)(H,19,25)(H,21,22)(H,23,24). The number of aliphatic hydroxyl groups excluding tert-OH is 1. The lowest BCUT2D eigenvalue weighted by molar-refractivity contribution is -0.139. The largest absolute Gasteiger partial charge is 0.481 e. The van der Waals surface area contributed by atoms with Crippen molar-refractivity contribution in [2.24, 2.45) is 11.7 Å². The van der Waals surface area contributed by atoms with Gasteiger partial charge in [-0.15, -0.1) is 0 Å². The molecule has 12 nitrogen and oxygen atoms in total. The Labute approximate surface area is 155 Å². The third-order valence-electron chi connectivity index (χ3n) is 3.48. The molecule has 27 heavy (non-hydrogen) atoms. The topological polar surface area (TPSA) is 208 Å². The minimum absolute atomic E-state index is 0.121. The SMILES string of the molecule is CC(C)C(NC(=O)C(N)CCC(=O)O)C(=O)NC(CO)C(=O)NCC(=O)O. The molecule has 0 radical (unpaired) electrons. The number of amides is 3. The summed E-state index contributed by atoms with van der Waals surface area (Å²) in [4.78, 5) is 57.1. The summed E-state index contributed by atoms with van der Waals surface area (Å²) in [6, 6.07) is -3.65. The molecule has 154 valence electrons. The van der Waals surface area contributed by atoms with E-state index in [0.717, 1.165) is 0 Å². The van der Waals surface area contributed by atoms with E-state index >= 15 is 0 Å². The van der Waals surface area contributed by atoms with Crippen LogP contribution in [0.1, 0.15) is 26.7 Å². The first-order chi connectivity index (χ1) is 12.5. The molecule has 0 aromatic rings. The van der Waals surface area contributed by atoms with E-state index in [1.807, 2.05) is 5.32 Å². The molecule has 0 aromatic heterocycles. The molecule has 3 unspecified atom stereocenters. The lowest BCUT2D eigenvalue weighted by atomic mass is 10.0. The third-order valence-corrected chi connectivity index (χ3v) is 3.48. The third kappa shape index (κ3) is 9.51. The van der Waals surface area contributed by atoms with Gasteiger partial charge in [-0.25, -0.2) is 0 Å². The Morgan fingerprint density at radius 2 is 1.52 bits per heavy atom. The second kappa shape index (κ2) is 11.8. The fourth-order valence-electron chi connectivity index (χ4n) is 1.95. The summed E-state index contributed by atoms with van der Waals surface area (Å²) in [7, 11) is 0. The van der Waals surface area contributed by atoms with Crippen LogP contribution in [0.4, 0.5) is 0 Å². The van der Waals surface area contributed by atoms with Crippen LogP contribution in [-0.4, -0.2) is 76.3 Å². The highest BCUT2D eigenvalue weighted by Crippen LogP contribution is 2.04. The van der Waals surface area contributed by atoms with Crippen molar-refractivity contribution in [3.05, 3.63) is 0 Å². The summed E-state index contributed by atoms with van der Waals surface area (Å²) in [6.07, 6.45) is -0.437. The highest BCUT2D eigenvalue weighted by Gasteiger charge is 2.30. The highest BCUT2D eigenvalue weighted by atomic mass is 16.4. The number of hydrogen-bond acceptors (Lipinski definition) is 7. The number of carboxylic acid groups (broad SMARTS) is 2. The van der Waals surface area contributed by atoms with Crippen molar-refractivity contribution in [3.8, 4) is 0 Å². The normalized spacial score (nSPS) is 14.0. The molecular weight excluding hydrogens is 364 g/mol. The Morgan fingerprint density at radius 3 is 1.96 bits per heavy atom. The van der Waals surface area contributed by atoms with Gasteiger partial charge in [-0.2, -0.15) is 0 Å². The Balaban J connectivity index is 4.90. The molecule has 8 N–H and O–H groups in total. The van der Waals surface area contributed by atoms with Gasteiger partial charge in [-0.3, -0.25) is 24.0 Å². The Bertz CT molecular complexity index is 566. The molecule has 0 rings (SSSR count). The lowest BCUT2D eigenvalue weighted by Crippen LogP contribution is -2.58. The molecule has 0 aliphatic heterocycles. The zero-order valence-corrected chi connectivity index (χ0v) is 15.1. The maximum Gasteiger partial charge on any atom is 0.322 e. The van der Waals surface area contributed by atoms with Gasteiger partial charge in [-0.1, -0.05) is 13.8 Å². The maximum atomic E-state index is 12.4. The fourth-order valence-corrected chi connectivity index (χ4v) is 1.95. The first-order valence-corrected chi connectivity index (χ1v) is 8.18. The summed E-state index contributed by atoms with van der Waals surface area (Å²) >= 11 is 0. The average Bonchev–Trinajstić information content (AvgIpc) is 2.58. The minimum atomic E-state index is -1.41. The number of aliphatic hydroxyl groups is 1. The van der Waals surface area contributed by atoms with Crippen molar-refractivity contribution in [2.45, 2.75) is 44.8 Å². The molecule has 3 atom stereocenters. The quantitative estimate of drug-likeness (QED) is 0.181. The van der Waals surface area contributed by atoms with Gasteiger partial charge in [0.25, 0.3) is 0 Å². The fraction of sp³-hybridized carbons (Fsp3) is 0.667. The van der Waals surface area contributed by atoms with Gasteiger partial charge in [0.15, 0.2) is 0 Å². The molecule has 0 spiro atoms. The summed E-state index contributed by atoms with van der Waals surface area (Å²) in [5.41, 5.74) is 5.59. The van der Waals surface area contributed by atoms with Crippen LogP contribution in [0.3, 0.4) is 0 Å². The van der Waals surface area contributed by atoms with E-state index in [0.29, 0.717) is 0 Å². The molecule has 0 aliphatic rings. The molecule has 12 heteroatoms. The summed E-state index contributed by atoms with van der Waals surface area (Å²) in [6.45, 7) is 1.76. The molecule has 3 amide bonds. The lowest BCUT2D eigenvalue weighted by Gasteiger charge is -2.25. The van der Waals surface area contributed by atoms with E-state index in [1.165, 1.54) is 0 Å². The van der Waals surface area contributed by atoms with Gasteiger partial charge < -0.3 is 37.0 Å². The van der Waals surface area contributed by atoms with Crippen molar-refractivity contribution in [1.29, 1.82) is 0 Å². The van der Waals surface area contributed by atoms with E-state index in [1.54, 1.807) is 13.8 Å². The molecule has 0 aromatic carbocycles. The second-order valence-electron chi connectivity index (χ2n) is 6.12. The minimum Gasteiger partial charge on any atom is -0.481 e. The van der Waals surface area contributed by atoms with Crippen LogP contribution < -0.4 is 21.7 Å². The van der Waals surface area contributed by atoms with Gasteiger partial charge in [0.1, 0.15) is 18.6 Å². The number of carbonyl (C=O) groups excluding carboxylic acids is 3. The summed E-state index contributed by atoms with van der Waals surface area (Å²) < 4.78 is 0. The molecule has 0 saturated heterocycles. The number of rotatable bonds is 12. The van der Waals surface area contributed by atoms with Crippen LogP contribution in [0.25, 0.3) is 0 Å². The Morgan fingerprint density at radius 1 is 0.926 bits per heavy atom. The van der Waals surface area contributed by atoms with Crippen molar-refractivity contribution in [1.82, 2.24) is 16.0 Å². The Kier molecular flexibility index (Phi) is 10.6. The van der Waals surface area contributed by atoms with Crippen LogP contribution in [0, 0.1) is 5.92 Å². The van der Waals surface area contributed by atoms with E-state index < -0.39 is 66.9 Å². The van der Waals surface area contributed by atoms with Crippen LogP contribution >= 0.6 is 0 Å². The van der Waals surface area contributed by atoms with E-state index in [4.69, 9.17) is 15.9 Å². The van der Waals surface area contributed by atoms with Crippen LogP contribution in [-0.2, 0) is 24.0 Å². The van der Waals surface area contributed by atoms with Gasteiger partial charge in [-0.05, 0) is 12.3 Å². The summed E-state index contributed by atoms with van der Waals surface area (Å²) in [5, 5.41) is 33.0. The Hall–Kier alpha value is -2.73. The van der Waals surface area contributed by atoms with Gasteiger partial charge >= 0.3 is 11.9 Å². The predicted molar refractivity (Wildman–Crippen MR) is 91.3 cm³/mol.